The minimum Gasteiger partial charge on any atom is -0.356 e. The number of aryl methyl sites for hydroxylation is 3. The largest absolute Gasteiger partial charge is 0.356 e. The van der Waals surface area contributed by atoms with Gasteiger partial charge in [-0.15, -0.1) is 0 Å². The molecule has 29 heavy (non-hydrogen) atoms. The molecule has 0 bridgehead atoms. The van der Waals surface area contributed by atoms with E-state index >= 15 is 0 Å². The molecule has 154 valence electrons. The van der Waals surface area contributed by atoms with E-state index in [4.69, 9.17) is 4.98 Å². The molecule has 1 fully saturated rings. The molecule has 1 aliphatic heterocycles. The Morgan fingerprint density at radius 2 is 1.83 bits per heavy atom. The number of anilines is 1. The SMILES string of the molecule is Cc1cc(N2CCC(N(C)C(=O)c3ccc4c(c3)CCC4)CC2)nc(C(C)C)n1. The van der Waals surface area contributed by atoms with Crippen molar-refractivity contribution in [1.29, 1.82) is 0 Å². The lowest BCUT2D eigenvalue weighted by Gasteiger charge is -2.37. The van der Waals surface area contributed by atoms with Gasteiger partial charge >= 0.3 is 0 Å². The maximum absolute atomic E-state index is 13.1. The molecule has 0 saturated carbocycles. The number of hydrogen-bond donors (Lipinski definition) is 0. The number of benzene rings is 1. The minimum atomic E-state index is 0.151. The fraction of sp³-hybridized carbons (Fsp3) is 0.542. The van der Waals surface area contributed by atoms with E-state index < -0.39 is 0 Å². The van der Waals surface area contributed by atoms with E-state index in [2.05, 4.69) is 41.9 Å². The van der Waals surface area contributed by atoms with Crippen molar-refractivity contribution in [2.24, 2.45) is 0 Å². The van der Waals surface area contributed by atoms with E-state index in [1.54, 1.807) is 0 Å². The first-order valence-electron chi connectivity index (χ1n) is 10.9. The maximum atomic E-state index is 13.1. The molecule has 0 radical (unpaired) electrons. The van der Waals surface area contributed by atoms with Gasteiger partial charge in [0.25, 0.3) is 5.91 Å². The van der Waals surface area contributed by atoms with Crippen molar-refractivity contribution in [2.75, 3.05) is 25.0 Å². The van der Waals surface area contributed by atoms with Crippen LogP contribution in [0.4, 0.5) is 5.82 Å². The maximum Gasteiger partial charge on any atom is 0.253 e. The summed E-state index contributed by atoms with van der Waals surface area (Å²) >= 11 is 0. The Kier molecular flexibility index (Phi) is 5.57. The van der Waals surface area contributed by atoms with Crippen LogP contribution in [0.1, 0.15) is 72.0 Å². The fourth-order valence-electron chi connectivity index (χ4n) is 4.55. The third-order valence-electron chi connectivity index (χ3n) is 6.38. The van der Waals surface area contributed by atoms with Gasteiger partial charge in [0, 0.05) is 49.4 Å². The molecule has 0 spiro atoms. The average Bonchev–Trinajstić information content (AvgIpc) is 3.20. The molecule has 1 aromatic heterocycles. The van der Waals surface area contributed by atoms with Crippen molar-refractivity contribution in [2.45, 2.75) is 64.8 Å². The first-order chi connectivity index (χ1) is 13.9. The first kappa shape index (κ1) is 19.9. The molecular weight excluding hydrogens is 360 g/mol. The summed E-state index contributed by atoms with van der Waals surface area (Å²) in [6, 6.07) is 8.63. The summed E-state index contributed by atoms with van der Waals surface area (Å²) in [5.41, 5.74) is 4.63. The highest BCUT2D eigenvalue weighted by Gasteiger charge is 2.27. The summed E-state index contributed by atoms with van der Waals surface area (Å²) < 4.78 is 0. The molecule has 0 atom stereocenters. The number of carbonyl (C=O) groups excluding carboxylic acids is 1. The highest BCUT2D eigenvalue weighted by Crippen LogP contribution is 2.26. The number of nitrogens with zero attached hydrogens (tertiary/aromatic N) is 4. The highest BCUT2D eigenvalue weighted by atomic mass is 16.2. The Labute approximate surface area is 174 Å². The summed E-state index contributed by atoms with van der Waals surface area (Å²) in [5.74, 6) is 2.40. The van der Waals surface area contributed by atoms with Crippen LogP contribution in [0.15, 0.2) is 24.3 Å². The number of carbonyl (C=O) groups is 1. The zero-order valence-electron chi connectivity index (χ0n) is 18.1. The molecule has 0 N–H and O–H groups in total. The van der Waals surface area contributed by atoms with Crippen molar-refractivity contribution < 1.29 is 4.79 Å². The van der Waals surface area contributed by atoms with Crippen LogP contribution in [0.25, 0.3) is 0 Å². The normalized spacial score (nSPS) is 16.9. The van der Waals surface area contributed by atoms with Gasteiger partial charge in [0.15, 0.2) is 0 Å². The van der Waals surface area contributed by atoms with Crippen LogP contribution in [0.2, 0.25) is 0 Å². The lowest BCUT2D eigenvalue weighted by molar-refractivity contribution is 0.0709. The Balaban J connectivity index is 1.41. The number of rotatable bonds is 4. The summed E-state index contributed by atoms with van der Waals surface area (Å²) in [5, 5.41) is 0. The van der Waals surface area contributed by atoms with E-state index in [-0.39, 0.29) is 11.9 Å². The number of amides is 1. The summed E-state index contributed by atoms with van der Waals surface area (Å²) in [7, 11) is 1.96. The summed E-state index contributed by atoms with van der Waals surface area (Å²) in [6.07, 6.45) is 5.40. The summed E-state index contributed by atoms with van der Waals surface area (Å²) in [4.78, 5) is 26.7. The second-order valence-electron chi connectivity index (χ2n) is 8.85. The second kappa shape index (κ2) is 8.13. The zero-order valence-corrected chi connectivity index (χ0v) is 18.1. The van der Waals surface area contributed by atoms with Gasteiger partial charge in [0.1, 0.15) is 11.6 Å². The standard InChI is InChI=1S/C24H32N4O/c1-16(2)23-25-17(3)14-22(26-23)28-12-10-21(11-13-28)27(4)24(29)20-9-8-18-6-5-7-19(18)15-20/h8-9,14-16,21H,5-7,10-13H2,1-4H3. The Bertz CT molecular complexity index is 900. The van der Waals surface area contributed by atoms with Crippen molar-refractivity contribution in [3.8, 4) is 0 Å². The average molecular weight is 393 g/mol. The van der Waals surface area contributed by atoms with E-state index in [1.165, 1.54) is 17.5 Å². The number of piperidine rings is 1. The smallest absolute Gasteiger partial charge is 0.253 e. The molecule has 0 unspecified atom stereocenters. The van der Waals surface area contributed by atoms with Crippen molar-refractivity contribution in [3.05, 3.63) is 52.5 Å². The van der Waals surface area contributed by atoms with E-state index in [9.17, 15) is 4.79 Å². The number of aromatic nitrogens is 2. The highest BCUT2D eigenvalue weighted by molar-refractivity contribution is 5.94. The van der Waals surface area contributed by atoms with E-state index in [0.29, 0.717) is 5.92 Å². The molecule has 1 saturated heterocycles. The third-order valence-corrected chi connectivity index (χ3v) is 6.38. The van der Waals surface area contributed by atoms with Gasteiger partial charge in [-0.05, 0) is 62.3 Å². The quantitative estimate of drug-likeness (QED) is 0.785. The number of fused-ring (bicyclic) bond motifs is 1. The van der Waals surface area contributed by atoms with Gasteiger partial charge in [-0.3, -0.25) is 4.79 Å². The third kappa shape index (κ3) is 4.14. The molecule has 5 heteroatoms. The van der Waals surface area contributed by atoms with E-state index in [1.807, 2.05) is 24.9 Å². The molecular formula is C24H32N4O. The van der Waals surface area contributed by atoms with Gasteiger partial charge in [-0.1, -0.05) is 19.9 Å². The van der Waals surface area contributed by atoms with Gasteiger partial charge in [-0.25, -0.2) is 9.97 Å². The predicted molar refractivity (Wildman–Crippen MR) is 117 cm³/mol. The summed E-state index contributed by atoms with van der Waals surface area (Å²) in [6.45, 7) is 8.13. The van der Waals surface area contributed by atoms with Crippen LogP contribution in [0.3, 0.4) is 0 Å². The second-order valence-corrected chi connectivity index (χ2v) is 8.85. The lowest BCUT2D eigenvalue weighted by atomic mass is 10.0. The Morgan fingerprint density at radius 1 is 1.10 bits per heavy atom. The van der Waals surface area contributed by atoms with Crippen LogP contribution in [0.5, 0.6) is 0 Å². The minimum absolute atomic E-state index is 0.151. The molecule has 2 aromatic rings. The van der Waals surface area contributed by atoms with Crippen molar-refractivity contribution in [3.63, 3.8) is 0 Å². The molecule has 2 aliphatic rings. The van der Waals surface area contributed by atoms with Crippen molar-refractivity contribution in [1.82, 2.24) is 14.9 Å². The predicted octanol–water partition coefficient (Wildman–Crippen LogP) is 4.14. The molecule has 2 heterocycles. The van der Waals surface area contributed by atoms with E-state index in [0.717, 1.165) is 61.7 Å². The fourth-order valence-corrected chi connectivity index (χ4v) is 4.55. The topological polar surface area (TPSA) is 49.3 Å². The molecule has 1 aromatic carbocycles. The Hall–Kier alpha value is -2.43. The van der Waals surface area contributed by atoms with Gasteiger partial charge in [-0.2, -0.15) is 0 Å². The van der Waals surface area contributed by atoms with Crippen LogP contribution in [-0.2, 0) is 12.8 Å². The van der Waals surface area contributed by atoms with Crippen LogP contribution in [0, 0.1) is 6.92 Å². The monoisotopic (exact) mass is 392 g/mol. The first-order valence-corrected chi connectivity index (χ1v) is 10.9. The van der Waals surface area contributed by atoms with Crippen molar-refractivity contribution >= 4 is 11.7 Å². The van der Waals surface area contributed by atoms with Crippen LogP contribution < -0.4 is 4.90 Å². The van der Waals surface area contributed by atoms with Crippen LogP contribution >= 0.6 is 0 Å². The molecule has 4 rings (SSSR count). The molecule has 5 nitrogen and oxygen atoms in total. The van der Waals surface area contributed by atoms with Gasteiger partial charge < -0.3 is 9.80 Å². The lowest BCUT2D eigenvalue weighted by Crippen LogP contribution is -2.46. The zero-order chi connectivity index (χ0) is 20.5. The Morgan fingerprint density at radius 3 is 2.55 bits per heavy atom. The van der Waals surface area contributed by atoms with Gasteiger partial charge in [0.05, 0.1) is 0 Å². The van der Waals surface area contributed by atoms with Gasteiger partial charge in [0.2, 0.25) is 0 Å². The van der Waals surface area contributed by atoms with Crippen LogP contribution in [-0.4, -0.2) is 47.0 Å². The molecule has 1 amide bonds. The molecule has 1 aliphatic carbocycles. The number of hydrogen-bond acceptors (Lipinski definition) is 4.